The predicted octanol–water partition coefficient (Wildman–Crippen LogP) is 4.15. The van der Waals surface area contributed by atoms with Gasteiger partial charge in [0.2, 0.25) is 0 Å². The van der Waals surface area contributed by atoms with Gasteiger partial charge in [0, 0.05) is 18.3 Å². The third-order valence-electron chi connectivity index (χ3n) is 3.08. The minimum absolute atomic E-state index is 0.205. The van der Waals surface area contributed by atoms with Crippen LogP contribution in [0.3, 0.4) is 0 Å². The van der Waals surface area contributed by atoms with Crippen LogP contribution in [0.1, 0.15) is 35.8 Å². The third kappa shape index (κ3) is 3.73. The topological polar surface area (TPSA) is 54.0 Å². The summed E-state index contributed by atoms with van der Waals surface area (Å²) in [6.45, 7) is 4.08. The van der Waals surface area contributed by atoms with Gasteiger partial charge in [-0.2, -0.15) is 0 Å². The number of nitrogens with zero attached hydrogens (tertiary/aromatic N) is 1. The molecule has 0 saturated heterocycles. The van der Waals surface area contributed by atoms with E-state index in [1.165, 1.54) is 0 Å². The number of benzene rings is 1. The lowest BCUT2D eigenvalue weighted by molar-refractivity contribution is 0.102. The molecule has 0 aliphatic carbocycles. The van der Waals surface area contributed by atoms with E-state index in [2.05, 4.69) is 15.6 Å². The number of anilines is 2. The van der Waals surface area contributed by atoms with Crippen LogP contribution in [0.2, 0.25) is 5.02 Å². The Morgan fingerprint density at radius 1 is 1.24 bits per heavy atom. The van der Waals surface area contributed by atoms with Crippen LogP contribution in [0, 0.1) is 0 Å². The summed E-state index contributed by atoms with van der Waals surface area (Å²) in [6.07, 6.45) is 0. The first-order valence-electron chi connectivity index (χ1n) is 6.77. The molecule has 1 amide bonds. The molecule has 0 atom stereocenters. The second kappa shape index (κ2) is 6.59. The fourth-order valence-electron chi connectivity index (χ4n) is 1.86. The molecule has 1 aromatic heterocycles. The first-order valence-corrected chi connectivity index (χ1v) is 7.14. The Morgan fingerprint density at radius 2 is 1.95 bits per heavy atom. The Kier molecular flexibility index (Phi) is 4.81. The highest BCUT2D eigenvalue weighted by atomic mass is 35.5. The molecule has 21 heavy (non-hydrogen) atoms. The number of amides is 1. The van der Waals surface area contributed by atoms with Crippen molar-refractivity contribution in [2.24, 2.45) is 0 Å². The maximum absolute atomic E-state index is 12.4. The largest absolute Gasteiger partial charge is 0.373 e. The van der Waals surface area contributed by atoms with Gasteiger partial charge in [0.15, 0.2) is 0 Å². The van der Waals surface area contributed by atoms with Crippen molar-refractivity contribution in [3.8, 4) is 0 Å². The lowest BCUT2D eigenvalue weighted by Gasteiger charge is -2.12. The van der Waals surface area contributed by atoms with E-state index in [-0.39, 0.29) is 11.8 Å². The Bertz CT molecular complexity index is 656. The van der Waals surface area contributed by atoms with Gasteiger partial charge in [-0.15, -0.1) is 0 Å². The van der Waals surface area contributed by atoms with E-state index >= 15 is 0 Å². The monoisotopic (exact) mass is 303 g/mol. The molecule has 1 aromatic carbocycles. The molecule has 0 saturated carbocycles. The normalized spacial score (nSPS) is 10.5. The Labute approximate surface area is 129 Å². The molecule has 4 nitrogen and oxygen atoms in total. The van der Waals surface area contributed by atoms with E-state index in [4.69, 9.17) is 11.6 Å². The number of halogens is 1. The molecule has 0 bridgehead atoms. The minimum Gasteiger partial charge on any atom is -0.373 e. The highest BCUT2D eigenvalue weighted by Gasteiger charge is 2.12. The maximum atomic E-state index is 12.4. The zero-order chi connectivity index (χ0) is 15.4. The first-order chi connectivity index (χ1) is 10.0. The summed E-state index contributed by atoms with van der Waals surface area (Å²) in [4.78, 5) is 16.8. The summed E-state index contributed by atoms with van der Waals surface area (Å²) in [5, 5.41) is 6.30. The van der Waals surface area contributed by atoms with Crippen molar-refractivity contribution < 1.29 is 4.79 Å². The van der Waals surface area contributed by atoms with Crippen molar-refractivity contribution in [3.05, 3.63) is 52.7 Å². The summed E-state index contributed by atoms with van der Waals surface area (Å²) in [6, 6.07) is 10.7. The fourth-order valence-corrected chi connectivity index (χ4v) is 2.05. The fraction of sp³-hybridized carbons (Fsp3) is 0.250. The molecule has 0 aliphatic heterocycles. The molecule has 2 rings (SSSR count). The summed E-state index contributed by atoms with van der Waals surface area (Å²) in [7, 11) is 1.78. The Morgan fingerprint density at radius 3 is 2.57 bits per heavy atom. The first kappa shape index (κ1) is 15.3. The van der Waals surface area contributed by atoms with Gasteiger partial charge >= 0.3 is 0 Å². The maximum Gasteiger partial charge on any atom is 0.255 e. The number of carbonyl (C=O) groups is 1. The number of aromatic nitrogens is 1. The van der Waals surface area contributed by atoms with Crippen LogP contribution in [0.25, 0.3) is 0 Å². The van der Waals surface area contributed by atoms with Gasteiger partial charge in [0.05, 0.1) is 10.7 Å². The number of para-hydroxylation sites is 1. The zero-order valence-corrected chi connectivity index (χ0v) is 13.0. The molecule has 0 spiro atoms. The van der Waals surface area contributed by atoms with Gasteiger partial charge < -0.3 is 10.6 Å². The van der Waals surface area contributed by atoms with Gasteiger partial charge in [0.1, 0.15) is 5.82 Å². The van der Waals surface area contributed by atoms with Gasteiger partial charge in [-0.3, -0.25) is 4.79 Å². The lowest BCUT2D eigenvalue weighted by Crippen LogP contribution is -2.14. The van der Waals surface area contributed by atoms with Crippen LogP contribution in [-0.4, -0.2) is 17.9 Å². The molecule has 0 unspecified atom stereocenters. The number of rotatable bonds is 4. The van der Waals surface area contributed by atoms with Crippen molar-refractivity contribution >= 4 is 29.0 Å². The quantitative estimate of drug-likeness (QED) is 0.892. The van der Waals surface area contributed by atoms with Crippen LogP contribution in [0.5, 0.6) is 0 Å². The summed E-state index contributed by atoms with van der Waals surface area (Å²) in [5.41, 5.74) is 2.02. The molecule has 0 aliphatic rings. The van der Waals surface area contributed by atoms with Crippen molar-refractivity contribution in [2.75, 3.05) is 17.7 Å². The molecule has 5 heteroatoms. The van der Waals surface area contributed by atoms with Crippen molar-refractivity contribution in [1.29, 1.82) is 0 Å². The van der Waals surface area contributed by atoms with Crippen molar-refractivity contribution in [3.63, 3.8) is 0 Å². The van der Waals surface area contributed by atoms with E-state index in [1.807, 2.05) is 26.0 Å². The van der Waals surface area contributed by atoms with E-state index in [1.54, 1.807) is 31.3 Å². The van der Waals surface area contributed by atoms with Crippen LogP contribution < -0.4 is 10.6 Å². The lowest BCUT2D eigenvalue weighted by atomic mass is 10.1. The SMILES string of the molecule is CNc1cc(C(=O)Nc2ccccc2Cl)cc(C(C)C)n1. The molecule has 110 valence electrons. The van der Waals surface area contributed by atoms with Gasteiger partial charge in [-0.25, -0.2) is 4.98 Å². The van der Waals surface area contributed by atoms with E-state index in [0.717, 1.165) is 5.69 Å². The van der Waals surface area contributed by atoms with Crippen molar-refractivity contribution in [2.45, 2.75) is 19.8 Å². The van der Waals surface area contributed by atoms with Gasteiger partial charge in [-0.05, 0) is 30.2 Å². The second-order valence-electron chi connectivity index (χ2n) is 5.00. The molecule has 0 radical (unpaired) electrons. The Hall–Kier alpha value is -2.07. The van der Waals surface area contributed by atoms with E-state index < -0.39 is 0 Å². The number of hydrogen-bond acceptors (Lipinski definition) is 3. The third-order valence-corrected chi connectivity index (χ3v) is 3.41. The average Bonchev–Trinajstić information content (AvgIpc) is 2.49. The number of nitrogens with one attached hydrogen (secondary N) is 2. The summed E-state index contributed by atoms with van der Waals surface area (Å²) < 4.78 is 0. The van der Waals surface area contributed by atoms with E-state index in [9.17, 15) is 4.79 Å². The summed E-state index contributed by atoms with van der Waals surface area (Å²) in [5.74, 6) is 0.708. The number of carbonyl (C=O) groups excluding carboxylic acids is 1. The average molecular weight is 304 g/mol. The highest BCUT2D eigenvalue weighted by Crippen LogP contribution is 2.22. The minimum atomic E-state index is -0.205. The molecule has 2 N–H and O–H groups in total. The van der Waals surface area contributed by atoms with Crippen LogP contribution in [0.4, 0.5) is 11.5 Å². The molecular weight excluding hydrogens is 286 g/mol. The standard InChI is InChI=1S/C16H18ClN3O/c1-10(2)14-8-11(9-15(18-3)19-14)16(21)20-13-7-5-4-6-12(13)17/h4-10H,1-3H3,(H,18,19)(H,20,21). The van der Waals surface area contributed by atoms with Gasteiger partial charge in [0.25, 0.3) is 5.91 Å². The Balaban J connectivity index is 2.30. The number of pyridine rings is 1. The molecule has 2 aromatic rings. The van der Waals surface area contributed by atoms with Gasteiger partial charge in [-0.1, -0.05) is 37.6 Å². The van der Waals surface area contributed by atoms with Crippen LogP contribution >= 0.6 is 11.6 Å². The molecular formula is C16H18ClN3O. The summed E-state index contributed by atoms with van der Waals surface area (Å²) >= 11 is 6.06. The van der Waals surface area contributed by atoms with Crippen LogP contribution in [0.15, 0.2) is 36.4 Å². The molecule has 0 fully saturated rings. The number of hydrogen-bond donors (Lipinski definition) is 2. The van der Waals surface area contributed by atoms with Crippen molar-refractivity contribution in [1.82, 2.24) is 4.98 Å². The zero-order valence-electron chi connectivity index (χ0n) is 12.3. The smallest absolute Gasteiger partial charge is 0.255 e. The highest BCUT2D eigenvalue weighted by molar-refractivity contribution is 6.33. The molecule has 1 heterocycles. The second-order valence-corrected chi connectivity index (χ2v) is 5.41. The van der Waals surface area contributed by atoms with E-state index in [0.29, 0.717) is 22.1 Å². The predicted molar refractivity (Wildman–Crippen MR) is 87.3 cm³/mol. The van der Waals surface area contributed by atoms with Crippen LogP contribution in [-0.2, 0) is 0 Å².